The fraction of sp³-hybridized carbons (Fsp3) is 0.435. The Kier molecular flexibility index (Phi) is 4.95. The minimum Gasteiger partial charge on any atom is -0.339 e. The number of carbonyl (C=O) groups is 1. The molecule has 0 spiro atoms. The van der Waals surface area contributed by atoms with Gasteiger partial charge in [-0.15, -0.1) is 11.3 Å². The van der Waals surface area contributed by atoms with Crippen LogP contribution in [-0.4, -0.2) is 53.4 Å². The second-order valence-electron chi connectivity index (χ2n) is 8.99. The second-order valence-corrected chi connectivity index (χ2v) is 10.3. The van der Waals surface area contributed by atoms with Gasteiger partial charge in [0.2, 0.25) is 0 Å². The largest absolute Gasteiger partial charge is 0.339 e. The molecule has 4 aromatic rings. The van der Waals surface area contributed by atoms with E-state index in [9.17, 15) is 4.79 Å². The van der Waals surface area contributed by atoms with E-state index in [0.29, 0.717) is 30.6 Å². The highest BCUT2D eigenvalue weighted by Crippen LogP contribution is 2.39. The first kappa shape index (κ1) is 20.7. The van der Waals surface area contributed by atoms with E-state index < -0.39 is 0 Å². The second kappa shape index (κ2) is 7.88. The Hall–Kier alpha value is -2.85. The summed E-state index contributed by atoms with van der Waals surface area (Å²) >= 11 is 7.08. The number of nitrogens with zero attached hydrogens (tertiary/aromatic N) is 6. The summed E-state index contributed by atoms with van der Waals surface area (Å²) in [6.45, 7) is 3.34. The lowest BCUT2D eigenvalue weighted by Crippen LogP contribution is -2.38. The molecule has 1 N–H and O–H groups in total. The first-order valence-corrected chi connectivity index (χ1v) is 12.6. The zero-order valence-corrected chi connectivity index (χ0v) is 20.2. The summed E-state index contributed by atoms with van der Waals surface area (Å²) in [7, 11) is 1.88. The summed E-state index contributed by atoms with van der Waals surface area (Å²) < 4.78 is 4.69. The normalized spacial score (nSPS) is 17.2. The van der Waals surface area contributed by atoms with Crippen molar-refractivity contribution in [1.82, 2.24) is 34.4 Å². The molecular weight excluding hydrogens is 454 g/mol. The first-order valence-electron chi connectivity index (χ1n) is 11.4. The Morgan fingerprint density at radius 3 is 2.73 bits per heavy atom. The van der Waals surface area contributed by atoms with Crippen LogP contribution < -0.4 is 0 Å². The number of amides is 1. The van der Waals surface area contributed by atoms with Crippen LogP contribution in [-0.2, 0) is 7.05 Å². The highest BCUT2D eigenvalue weighted by atomic mass is 32.1. The molecular formula is C23H25N7OS2. The van der Waals surface area contributed by atoms with E-state index >= 15 is 0 Å². The van der Waals surface area contributed by atoms with Crippen LogP contribution in [0.25, 0.3) is 21.6 Å². The van der Waals surface area contributed by atoms with Gasteiger partial charge in [0.25, 0.3) is 5.91 Å². The Balaban J connectivity index is 1.30. The van der Waals surface area contributed by atoms with Crippen molar-refractivity contribution in [1.29, 1.82) is 0 Å². The molecule has 5 heterocycles. The van der Waals surface area contributed by atoms with Gasteiger partial charge in [-0.25, -0.2) is 4.98 Å². The van der Waals surface area contributed by atoms with Gasteiger partial charge in [0.1, 0.15) is 5.82 Å². The molecule has 1 saturated heterocycles. The lowest BCUT2D eigenvalue weighted by molar-refractivity contribution is 0.0712. The number of aromatic amines is 1. The quantitative estimate of drug-likeness (QED) is 0.432. The molecule has 1 aliphatic heterocycles. The van der Waals surface area contributed by atoms with E-state index in [1.165, 1.54) is 12.8 Å². The number of hydrogen-bond acceptors (Lipinski definition) is 6. The molecule has 1 aliphatic carbocycles. The molecule has 8 nitrogen and oxygen atoms in total. The van der Waals surface area contributed by atoms with Crippen molar-refractivity contribution in [2.45, 2.75) is 44.6 Å². The summed E-state index contributed by atoms with van der Waals surface area (Å²) in [6, 6.07) is 6.48. The van der Waals surface area contributed by atoms with Crippen molar-refractivity contribution in [3.8, 4) is 10.6 Å². The van der Waals surface area contributed by atoms with Gasteiger partial charge in [0.05, 0.1) is 27.2 Å². The molecule has 170 valence electrons. The molecule has 0 unspecified atom stereocenters. The van der Waals surface area contributed by atoms with E-state index in [1.807, 2.05) is 42.5 Å². The maximum atomic E-state index is 13.8. The minimum atomic E-state index is 0.0517. The smallest absolute Gasteiger partial charge is 0.254 e. The van der Waals surface area contributed by atoms with Gasteiger partial charge in [0, 0.05) is 32.1 Å². The third-order valence-corrected chi connectivity index (χ3v) is 7.94. The summed E-state index contributed by atoms with van der Waals surface area (Å²) in [6.07, 6.45) is 4.12. The topological polar surface area (TPSA) is 84.6 Å². The predicted octanol–water partition coefficient (Wildman–Crippen LogP) is 4.61. The molecule has 1 amide bonds. The molecule has 6 rings (SSSR count). The fourth-order valence-corrected chi connectivity index (χ4v) is 5.94. The highest BCUT2D eigenvalue weighted by Gasteiger charge is 2.33. The molecule has 2 fully saturated rings. The summed E-state index contributed by atoms with van der Waals surface area (Å²) in [4.78, 5) is 21.6. The molecule has 33 heavy (non-hydrogen) atoms. The van der Waals surface area contributed by atoms with E-state index in [1.54, 1.807) is 16.0 Å². The van der Waals surface area contributed by atoms with Gasteiger partial charge >= 0.3 is 0 Å². The van der Waals surface area contributed by atoms with E-state index in [2.05, 4.69) is 19.9 Å². The number of piperidine rings is 1. The van der Waals surface area contributed by atoms with Gasteiger partial charge in [-0.1, -0.05) is 6.07 Å². The molecule has 0 aromatic carbocycles. The van der Waals surface area contributed by atoms with Crippen molar-refractivity contribution >= 4 is 40.5 Å². The van der Waals surface area contributed by atoms with Crippen molar-refractivity contribution < 1.29 is 4.79 Å². The number of carbonyl (C=O) groups excluding carboxylic acids is 1. The van der Waals surface area contributed by atoms with E-state index in [0.717, 1.165) is 50.7 Å². The van der Waals surface area contributed by atoms with Crippen LogP contribution in [0.1, 0.15) is 59.5 Å². The lowest BCUT2D eigenvalue weighted by Gasteiger charge is -2.32. The number of nitrogens with one attached hydrogen (secondary N) is 1. The zero-order valence-electron chi connectivity index (χ0n) is 18.6. The van der Waals surface area contributed by atoms with Crippen molar-refractivity contribution in [2.24, 2.45) is 7.05 Å². The number of H-pyrrole nitrogens is 1. The van der Waals surface area contributed by atoms with Gasteiger partial charge in [-0.05, 0) is 62.3 Å². The fourth-order valence-electron chi connectivity index (χ4n) is 4.97. The Labute approximate surface area is 200 Å². The summed E-state index contributed by atoms with van der Waals surface area (Å²) in [5.41, 5.74) is 3.08. The standard InChI is InChI=1S/C23H25N7OS2/c1-13-19-16(12-17(18-4-3-11-33-18)24-21(19)28(2)27-13)22(31)29-9-7-14(8-10-29)20-25-26-23(32)30(20)15-5-6-15/h3-4,11-12,14-15H,5-10H2,1-2H3,(H,26,32). The minimum absolute atomic E-state index is 0.0517. The molecule has 0 atom stereocenters. The number of aryl methyl sites for hydroxylation is 2. The summed E-state index contributed by atoms with van der Waals surface area (Å²) in [5.74, 6) is 1.43. The van der Waals surface area contributed by atoms with Crippen molar-refractivity contribution in [3.05, 3.63) is 45.4 Å². The molecule has 10 heteroatoms. The number of hydrogen-bond donors (Lipinski definition) is 1. The Morgan fingerprint density at radius 2 is 2.03 bits per heavy atom. The molecule has 0 radical (unpaired) electrons. The maximum absolute atomic E-state index is 13.8. The highest BCUT2D eigenvalue weighted by molar-refractivity contribution is 7.71. The number of pyridine rings is 1. The number of thiophene rings is 1. The SMILES string of the molecule is Cc1nn(C)c2nc(-c3cccs3)cc(C(=O)N3CCC(c4n[nH]c(=S)n4C4CC4)CC3)c12. The number of fused-ring (bicyclic) bond motifs is 1. The Morgan fingerprint density at radius 1 is 1.24 bits per heavy atom. The van der Waals surface area contributed by atoms with Crippen LogP contribution in [0.3, 0.4) is 0 Å². The van der Waals surface area contributed by atoms with Crippen LogP contribution >= 0.6 is 23.6 Å². The molecule has 4 aromatic heterocycles. The monoisotopic (exact) mass is 479 g/mol. The van der Waals surface area contributed by atoms with Crippen LogP contribution in [0.4, 0.5) is 0 Å². The van der Waals surface area contributed by atoms with Gasteiger partial charge in [-0.2, -0.15) is 10.2 Å². The van der Waals surface area contributed by atoms with Crippen molar-refractivity contribution in [2.75, 3.05) is 13.1 Å². The van der Waals surface area contributed by atoms with Gasteiger partial charge < -0.3 is 9.47 Å². The lowest BCUT2D eigenvalue weighted by atomic mass is 9.95. The third kappa shape index (κ3) is 3.52. The summed E-state index contributed by atoms with van der Waals surface area (Å²) in [5, 5.41) is 15.0. The zero-order chi connectivity index (χ0) is 22.7. The Bertz CT molecular complexity index is 1400. The number of likely N-dealkylation sites (tertiary alicyclic amines) is 1. The molecule has 2 aliphatic rings. The van der Waals surface area contributed by atoms with Crippen LogP contribution in [0.15, 0.2) is 23.6 Å². The van der Waals surface area contributed by atoms with Crippen LogP contribution in [0, 0.1) is 11.7 Å². The van der Waals surface area contributed by atoms with Gasteiger partial charge in [-0.3, -0.25) is 14.6 Å². The molecule has 1 saturated carbocycles. The average molecular weight is 480 g/mol. The third-order valence-electron chi connectivity index (χ3n) is 6.76. The van der Waals surface area contributed by atoms with Gasteiger partial charge in [0.15, 0.2) is 10.4 Å². The molecule has 0 bridgehead atoms. The first-order chi connectivity index (χ1) is 16.0. The van der Waals surface area contributed by atoms with Crippen LogP contribution in [0.2, 0.25) is 0 Å². The maximum Gasteiger partial charge on any atom is 0.254 e. The predicted molar refractivity (Wildman–Crippen MR) is 130 cm³/mol. The number of aromatic nitrogens is 6. The van der Waals surface area contributed by atoms with E-state index in [-0.39, 0.29) is 5.91 Å². The van der Waals surface area contributed by atoms with Crippen LogP contribution in [0.5, 0.6) is 0 Å². The number of rotatable bonds is 4. The van der Waals surface area contributed by atoms with E-state index in [4.69, 9.17) is 17.2 Å². The average Bonchev–Trinajstić information content (AvgIpc) is 3.23. The van der Waals surface area contributed by atoms with Crippen molar-refractivity contribution in [3.63, 3.8) is 0 Å².